The number of rotatable bonds is 2. The van der Waals surface area contributed by atoms with E-state index in [1.807, 2.05) is 0 Å². The molecule has 0 saturated carbocycles. The summed E-state index contributed by atoms with van der Waals surface area (Å²) in [7, 11) is 3.10. The summed E-state index contributed by atoms with van der Waals surface area (Å²) in [6, 6.07) is 4.21. The van der Waals surface area contributed by atoms with Gasteiger partial charge in [-0.05, 0) is 28.1 Å². The molecule has 0 aliphatic heterocycles. The molecular formula is C12H12F3N5O. The highest BCUT2D eigenvalue weighted by atomic mass is 19.4. The highest BCUT2D eigenvalue weighted by Crippen LogP contribution is 2.29. The number of carbonyl (C=O) groups excluding carboxylic acids is 1. The summed E-state index contributed by atoms with van der Waals surface area (Å²) in [5.41, 5.74) is -0.152. The second kappa shape index (κ2) is 5.51. The van der Waals surface area contributed by atoms with Crippen LogP contribution in [0.1, 0.15) is 17.0 Å². The van der Waals surface area contributed by atoms with Crippen LogP contribution >= 0.6 is 0 Å². The SMILES string of the molecule is CN(C)C(=O)n1nnnc1Cc1ccc(C(F)(F)F)cc1. The second-order valence-electron chi connectivity index (χ2n) is 4.56. The molecule has 0 aliphatic carbocycles. The first kappa shape index (κ1) is 14.9. The Bertz CT molecular complexity index is 633. The molecule has 0 radical (unpaired) electrons. The van der Waals surface area contributed by atoms with Gasteiger partial charge in [0.1, 0.15) is 0 Å². The van der Waals surface area contributed by atoms with Gasteiger partial charge >= 0.3 is 12.2 Å². The summed E-state index contributed by atoms with van der Waals surface area (Å²) in [4.78, 5) is 13.1. The molecule has 1 amide bonds. The molecule has 2 rings (SSSR count). The van der Waals surface area contributed by atoms with E-state index in [9.17, 15) is 18.0 Å². The first-order valence-corrected chi connectivity index (χ1v) is 5.94. The molecule has 21 heavy (non-hydrogen) atoms. The van der Waals surface area contributed by atoms with E-state index in [1.54, 1.807) is 14.1 Å². The van der Waals surface area contributed by atoms with Crippen molar-refractivity contribution < 1.29 is 18.0 Å². The van der Waals surface area contributed by atoms with E-state index in [-0.39, 0.29) is 12.2 Å². The van der Waals surface area contributed by atoms with Gasteiger partial charge in [0.25, 0.3) is 0 Å². The predicted octanol–water partition coefficient (Wildman–Crippen LogP) is 1.81. The number of hydrogen-bond acceptors (Lipinski definition) is 4. The first-order valence-electron chi connectivity index (χ1n) is 5.94. The molecule has 0 saturated heterocycles. The third-order valence-corrected chi connectivity index (χ3v) is 2.74. The van der Waals surface area contributed by atoms with Crippen molar-refractivity contribution in [2.75, 3.05) is 14.1 Å². The lowest BCUT2D eigenvalue weighted by molar-refractivity contribution is -0.137. The van der Waals surface area contributed by atoms with Crippen LogP contribution < -0.4 is 0 Å². The molecule has 1 aromatic carbocycles. The highest BCUT2D eigenvalue weighted by molar-refractivity contribution is 5.75. The minimum absolute atomic E-state index is 0.157. The van der Waals surface area contributed by atoms with Gasteiger partial charge in [0, 0.05) is 20.5 Å². The van der Waals surface area contributed by atoms with Crippen LogP contribution in [-0.4, -0.2) is 45.2 Å². The van der Waals surface area contributed by atoms with Crippen molar-refractivity contribution in [3.05, 3.63) is 41.2 Å². The summed E-state index contributed by atoms with van der Waals surface area (Å²) in [6.45, 7) is 0. The number of hydrogen-bond donors (Lipinski definition) is 0. The normalized spacial score (nSPS) is 11.5. The molecule has 112 valence electrons. The fourth-order valence-electron chi connectivity index (χ4n) is 1.65. The van der Waals surface area contributed by atoms with Crippen LogP contribution in [0.3, 0.4) is 0 Å². The van der Waals surface area contributed by atoms with Crippen LogP contribution in [0.4, 0.5) is 18.0 Å². The van der Waals surface area contributed by atoms with E-state index in [1.165, 1.54) is 17.0 Å². The largest absolute Gasteiger partial charge is 0.416 e. The average Bonchev–Trinajstić information content (AvgIpc) is 2.85. The highest BCUT2D eigenvalue weighted by Gasteiger charge is 2.30. The molecule has 0 N–H and O–H groups in total. The van der Waals surface area contributed by atoms with Crippen molar-refractivity contribution >= 4 is 6.03 Å². The van der Waals surface area contributed by atoms with Crippen molar-refractivity contribution in [1.82, 2.24) is 25.1 Å². The predicted molar refractivity (Wildman–Crippen MR) is 66.5 cm³/mol. The van der Waals surface area contributed by atoms with Gasteiger partial charge in [-0.1, -0.05) is 12.1 Å². The van der Waals surface area contributed by atoms with E-state index >= 15 is 0 Å². The lowest BCUT2D eigenvalue weighted by Crippen LogP contribution is -2.29. The fraction of sp³-hybridized carbons (Fsp3) is 0.333. The lowest BCUT2D eigenvalue weighted by Gasteiger charge is -2.10. The zero-order chi connectivity index (χ0) is 15.6. The number of benzene rings is 1. The molecule has 6 nitrogen and oxygen atoms in total. The van der Waals surface area contributed by atoms with Gasteiger partial charge in [-0.15, -0.1) is 9.78 Å². The van der Waals surface area contributed by atoms with E-state index < -0.39 is 17.8 Å². The zero-order valence-corrected chi connectivity index (χ0v) is 11.3. The Morgan fingerprint density at radius 1 is 1.24 bits per heavy atom. The topological polar surface area (TPSA) is 63.9 Å². The Morgan fingerprint density at radius 2 is 1.86 bits per heavy atom. The Balaban J connectivity index is 2.20. The minimum Gasteiger partial charge on any atom is -0.329 e. The van der Waals surface area contributed by atoms with Crippen LogP contribution in [0, 0.1) is 0 Å². The monoisotopic (exact) mass is 299 g/mol. The standard InChI is InChI=1S/C12H12F3N5O/c1-19(2)11(21)20-10(16-17-18-20)7-8-3-5-9(6-4-8)12(13,14)15/h3-6H,7H2,1-2H3. The molecule has 9 heteroatoms. The maximum atomic E-state index is 12.5. The summed E-state index contributed by atoms with van der Waals surface area (Å²) in [6.07, 6.45) is -4.22. The smallest absolute Gasteiger partial charge is 0.329 e. The molecule has 0 bridgehead atoms. The molecular weight excluding hydrogens is 287 g/mol. The number of halogens is 3. The number of tetrazole rings is 1. The Labute approximate surface area is 118 Å². The molecule has 1 heterocycles. The number of aromatic nitrogens is 4. The fourth-order valence-corrected chi connectivity index (χ4v) is 1.65. The van der Waals surface area contributed by atoms with E-state index in [4.69, 9.17) is 0 Å². The van der Waals surface area contributed by atoms with Crippen LogP contribution in [0.2, 0.25) is 0 Å². The van der Waals surface area contributed by atoms with Crippen molar-refractivity contribution in [1.29, 1.82) is 0 Å². The van der Waals surface area contributed by atoms with Gasteiger partial charge in [0.15, 0.2) is 5.82 Å². The molecule has 0 unspecified atom stereocenters. The third kappa shape index (κ3) is 3.36. The Kier molecular flexibility index (Phi) is 3.92. The maximum absolute atomic E-state index is 12.5. The first-order chi connectivity index (χ1) is 9.79. The van der Waals surface area contributed by atoms with Crippen LogP contribution in [-0.2, 0) is 12.6 Å². The number of carbonyl (C=O) groups is 1. The van der Waals surface area contributed by atoms with Crippen molar-refractivity contribution in [2.45, 2.75) is 12.6 Å². The molecule has 0 aliphatic rings. The molecule has 0 fully saturated rings. The summed E-state index contributed by atoms with van der Waals surface area (Å²) in [5, 5.41) is 10.7. The maximum Gasteiger partial charge on any atom is 0.416 e. The van der Waals surface area contributed by atoms with Gasteiger partial charge in [-0.3, -0.25) is 0 Å². The zero-order valence-electron chi connectivity index (χ0n) is 11.3. The summed E-state index contributed by atoms with van der Waals surface area (Å²) >= 11 is 0. The van der Waals surface area contributed by atoms with Gasteiger partial charge in [0.05, 0.1) is 5.56 Å². The van der Waals surface area contributed by atoms with Crippen LogP contribution in [0.5, 0.6) is 0 Å². The third-order valence-electron chi connectivity index (χ3n) is 2.74. The molecule has 0 atom stereocenters. The lowest BCUT2D eigenvalue weighted by atomic mass is 10.1. The van der Waals surface area contributed by atoms with Gasteiger partial charge in [-0.25, -0.2) is 4.79 Å². The quantitative estimate of drug-likeness (QED) is 0.793. The molecule has 0 spiro atoms. The average molecular weight is 299 g/mol. The molecule has 1 aromatic heterocycles. The molecule has 2 aromatic rings. The number of nitrogens with zero attached hydrogens (tertiary/aromatic N) is 5. The van der Waals surface area contributed by atoms with Gasteiger partial charge in [0.2, 0.25) is 0 Å². The van der Waals surface area contributed by atoms with Crippen molar-refractivity contribution in [3.8, 4) is 0 Å². The van der Waals surface area contributed by atoms with Crippen molar-refractivity contribution in [2.24, 2.45) is 0 Å². The van der Waals surface area contributed by atoms with E-state index in [0.29, 0.717) is 5.56 Å². The Morgan fingerprint density at radius 3 is 2.38 bits per heavy atom. The number of amides is 1. The van der Waals surface area contributed by atoms with Crippen LogP contribution in [0.15, 0.2) is 24.3 Å². The van der Waals surface area contributed by atoms with Gasteiger partial charge in [-0.2, -0.15) is 13.2 Å². The number of alkyl halides is 3. The van der Waals surface area contributed by atoms with Crippen molar-refractivity contribution in [3.63, 3.8) is 0 Å². The van der Waals surface area contributed by atoms with Gasteiger partial charge < -0.3 is 4.90 Å². The summed E-state index contributed by atoms with van der Waals surface area (Å²) in [5.74, 6) is 0.258. The minimum atomic E-state index is -4.37. The Hall–Kier alpha value is -2.45. The second-order valence-corrected chi connectivity index (χ2v) is 4.56. The van der Waals surface area contributed by atoms with E-state index in [2.05, 4.69) is 15.5 Å². The van der Waals surface area contributed by atoms with E-state index in [0.717, 1.165) is 16.8 Å². The van der Waals surface area contributed by atoms with Crippen LogP contribution in [0.25, 0.3) is 0 Å². The summed E-state index contributed by atoms with van der Waals surface area (Å²) < 4.78 is 38.4.